The molecule has 0 aliphatic heterocycles. The Morgan fingerprint density at radius 1 is 0.791 bits per heavy atom. The number of benzene rings is 2. The highest BCUT2D eigenvalue weighted by Crippen LogP contribution is 2.42. The van der Waals surface area contributed by atoms with Gasteiger partial charge >= 0.3 is 11.9 Å². The van der Waals surface area contributed by atoms with Crippen LogP contribution in [0.5, 0.6) is 0 Å². The van der Waals surface area contributed by atoms with Crippen LogP contribution in [0.1, 0.15) is 119 Å². The number of methoxy groups -OCH3 is 1. The number of hydrogen-bond donors (Lipinski definition) is 3. The van der Waals surface area contributed by atoms with Gasteiger partial charge in [0.1, 0.15) is 11.6 Å². The van der Waals surface area contributed by atoms with E-state index >= 15 is 0 Å². The van der Waals surface area contributed by atoms with Crippen LogP contribution >= 0.6 is 0 Å². The van der Waals surface area contributed by atoms with Gasteiger partial charge in [0.2, 0.25) is 0 Å². The summed E-state index contributed by atoms with van der Waals surface area (Å²) in [6.45, 7) is 7.85. The molecule has 3 N–H and O–H groups in total. The molecule has 2 saturated carbocycles. The van der Waals surface area contributed by atoms with Crippen LogP contribution in [-0.2, 0) is 17.6 Å². The largest absolute Gasteiger partial charge is 0.478 e. The van der Waals surface area contributed by atoms with Crippen LogP contribution in [0.15, 0.2) is 24.3 Å². The fraction of sp³-hybridized carbons (Fsp3) is 0.455. The van der Waals surface area contributed by atoms with Crippen LogP contribution in [0.4, 0.5) is 0 Å². The second-order valence-corrected chi connectivity index (χ2v) is 11.5. The number of rotatable bonds is 8. The number of H-pyrrole nitrogens is 2. The van der Waals surface area contributed by atoms with Crippen molar-refractivity contribution in [2.75, 3.05) is 7.11 Å². The summed E-state index contributed by atoms with van der Waals surface area (Å²) >= 11 is 0. The van der Waals surface area contributed by atoms with Crippen molar-refractivity contribution in [1.82, 2.24) is 30.4 Å². The zero-order chi connectivity index (χ0) is 30.7. The van der Waals surface area contributed by atoms with E-state index in [1.807, 2.05) is 39.8 Å². The van der Waals surface area contributed by atoms with E-state index in [0.29, 0.717) is 34.6 Å². The minimum atomic E-state index is -0.903. The minimum absolute atomic E-state index is 0.315. The van der Waals surface area contributed by atoms with Gasteiger partial charge in [0.15, 0.2) is 11.6 Å². The second kappa shape index (κ2) is 12.9. The predicted molar refractivity (Wildman–Crippen MR) is 163 cm³/mol. The highest BCUT2D eigenvalue weighted by Gasteiger charge is 2.27. The van der Waals surface area contributed by atoms with Crippen LogP contribution in [-0.4, -0.2) is 54.5 Å². The fourth-order valence-corrected chi connectivity index (χ4v) is 5.67. The Balaban J connectivity index is 0.000000171. The lowest BCUT2D eigenvalue weighted by molar-refractivity contribution is 0.0599. The molecule has 10 heteroatoms. The quantitative estimate of drug-likeness (QED) is 0.194. The van der Waals surface area contributed by atoms with Crippen molar-refractivity contribution in [3.63, 3.8) is 0 Å². The third-order valence-corrected chi connectivity index (χ3v) is 8.73. The lowest BCUT2D eigenvalue weighted by Gasteiger charge is -2.28. The van der Waals surface area contributed by atoms with E-state index in [1.54, 1.807) is 6.07 Å². The number of aromatic amines is 2. The molecule has 6 rings (SSSR count). The van der Waals surface area contributed by atoms with Crippen LogP contribution in [0.3, 0.4) is 0 Å². The van der Waals surface area contributed by atoms with Crippen molar-refractivity contribution >= 4 is 11.9 Å². The van der Waals surface area contributed by atoms with E-state index in [9.17, 15) is 14.7 Å². The fourth-order valence-electron chi connectivity index (χ4n) is 5.67. The van der Waals surface area contributed by atoms with E-state index < -0.39 is 5.97 Å². The van der Waals surface area contributed by atoms with Crippen LogP contribution in [0, 0.1) is 13.8 Å². The topological polar surface area (TPSA) is 147 Å². The molecule has 10 nitrogen and oxygen atoms in total. The molecule has 0 radical (unpaired) electrons. The number of esters is 1. The first-order valence-electron chi connectivity index (χ1n) is 15.2. The third kappa shape index (κ3) is 6.23. The number of aryl methyl sites for hydroxylation is 4. The van der Waals surface area contributed by atoms with Crippen molar-refractivity contribution in [3.05, 3.63) is 69.3 Å². The third-order valence-electron chi connectivity index (χ3n) is 8.73. The summed E-state index contributed by atoms with van der Waals surface area (Å²) in [5.41, 5.74) is 6.91. The Hall–Kier alpha value is -4.34. The maximum atomic E-state index is 12.0. The van der Waals surface area contributed by atoms with Crippen molar-refractivity contribution in [3.8, 4) is 22.8 Å². The van der Waals surface area contributed by atoms with Gasteiger partial charge in [-0.3, -0.25) is 10.2 Å². The van der Waals surface area contributed by atoms with Crippen molar-refractivity contribution in [2.24, 2.45) is 0 Å². The molecule has 2 aliphatic carbocycles. The number of ether oxygens (including phenoxy) is 1. The molecular formula is C33H40N6O4. The molecule has 0 atom stereocenters. The number of carboxylic acid groups (broad SMARTS) is 1. The van der Waals surface area contributed by atoms with Crippen molar-refractivity contribution in [1.29, 1.82) is 0 Å². The lowest BCUT2D eigenvalue weighted by Crippen LogP contribution is -2.13. The minimum Gasteiger partial charge on any atom is -0.478 e. The Bertz CT molecular complexity index is 1630. The SMILES string of the molecule is CCc1nc(-c2cc(C(=O)O)c(C)cc2C2CCC2)n[nH]1.CCc1nc(-c2cc(C(=O)OC)c(C)cc2C2CCC2)n[nH]1. The van der Waals surface area contributed by atoms with Gasteiger partial charge in [-0.1, -0.05) is 38.8 Å². The Morgan fingerprint density at radius 2 is 1.23 bits per heavy atom. The molecule has 0 unspecified atom stereocenters. The maximum Gasteiger partial charge on any atom is 0.338 e. The number of aromatic carboxylic acids is 1. The summed E-state index contributed by atoms with van der Waals surface area (Å²) in [7, 11) is 1.41. The van der Waals surface area contributed by atoms with Gasteiger partial charge < -0.3 is 9.84 Å². The molecule has 2 aromatic carbocycles. The van der Waals surface area contributed by atoms with E-state index in [4.69, 9.17) is 4.74 Å². The van der Waals surface area contributed by atoms with Gasteiger partial charge in [-0.05, 0) is 85.8 Å². The number of carboxylic acids is 1. The van der Waals surface area contributed by atoms with Crippen LogP contribution in [0.25, 0.3) is 22.8 Å². The van der Waals surface area contributed by atoms with E-state index in [0.717, 1.165) is 59.6 Å². The number of nitrogens with one attached hydrogen (secondary N) is 2. The summed E-state index contributed by atoms with van der Waals surface area (Å²) in [6, 6.07) is 7.73. The molecule has 4 aromatic rings. The Morgan fingerprint density at radius 3 is 1.58 bits per heavy atom. The highest BCUT2D eigenvalue weighted by atomic mass is 16.5. The monoisotopic (exact) mass is 584 g/mol. The molecule has 0 spiro atoms. The van der Waals surface area contributed by atoms with Crippen LogP contribution < -0.4 is 0 Å². The van der Waals surface area contributed by atoms with Crippen molar-refractivity contribution in [2.45, 2.75) is 90.9 Å². The number of carbonyl (C=O) groups is 2. The molecule has 2 aliphatic rings. The van der Waals surface area contributed by atoms with Gasteiger partial charge in [-0.2, -0.15) is 10.2 Å². The molecule has 43 heavy (non-hydrogen) atoms. The summed E-state index contributed by atoms with van der Waals surface area (Å²) in [5, 5.41) is 23.8. The number of hydrogen-bond acceptors (Lipinski definition) is 7. The standard InChI is InChI=1S/C17H21N3O2.C16H19N3O2/c1-4-15-18-16(20-19-15)14-9-12(17(21)22-3)10(2)8-13(14)11-6-5-7-11;1-3-14-17-15(19-18-14)13-8-11(16(20)21)9(2)7-12(13)10-5-4-6-10/h8-9,11H,4-7H2,1-3H3,(H,18,19,20);7-8,10H,3-6H2,1-2H3,(H,20,21)(H,17,18,19). The normalized spacial score (nSPS) is 14.8. The Kier molecular flexibility index (Phi) is 9.03. The first-order valence-corrected chi connectivity index (χ1v) is 15.2. The molecule has 0 bridgehead atoms. The summed E-state index contributed by atoms with van der Waals surface area (Å²) < 4.78 is 4.89. The predicted octanol–water partition coefficient (Wildman–Crippen LogP) is 6.70. The number of nitrogens with zero attached hydrogens (tertiary/aromatic N) is 4. The molecule has 2 heterocycles. The lowest BCUT2D eigenvalue weighted by atomic mass is 9.77. The number of aromatic nitrogens is 6. The molecule has 2 fully saturated rings. The highest BCUT2D eigenvalue weighted by molar-refractivity contribution is 5.93. The molecule has 226 valence electrons. The van der Waals surface area contributed by atoms with Gasteiger partial charge in [-0.25, -0.2) is 19.6 Å². The smallest absolute Gasteiger partial charge is 0.338 e. The van der Waals surface area contributed by atoms with Gasteiger partial charge in [0.25, 0.3) is 0 Å². The Labute approximate surface area is 251 Å². The number of carbonyl (C=O) groups excluding carboxylic acids is 1. The summed E-state index contributed by atoms with van der Waals surface area (Å²) in [6.07, 6.45) is 8.77. The van der Waals surface area contributed by atoms with Crippen LogP contribution in [0.2, 0.25) is 0 Å². The summed E-state index contributed by atoms with van der Waals surface area (Å²) in [4.78, 5) is 32.4. The zero-order valence-electron chi connectivity index (χ0n) is 25.6. The second-order valence-electron chi connectivity index (χ2n) is 11.5. The van der Waals surface area contributed by atoms with Crippen molar-refractivity contribution < 1.29 is 19.4 Å². The molecule has 0 saturated heterocycles. The average molecular weight is 585 g/mol. The molecule has 0 amide bonds. The van der Waals surface area contributed by atoms with E-state index in [-0.39, 0.29) is 5.97 Å². The van der Waals surface area contributed by atoms with Gasteiger partial charge in [-0.15, -0.1) is 0 Å². The first kappa shape index (κ1) is 30.1. The maximum absolute atomic E-state index is 12.0. The van der Waals surface area contributed by atoms with Gasteiger partial charge in [0.05, 0.1) is 18.2 Å². The first-order chi connectivity index (χ1) is 20.7. The zero-order valence-corrected chi connectivity index (χ0v) is 25.6. The van der Waals surface area contributed by atoms with Gasteiger partial charge in [0, 0.05) is 24.0 Å². The molecular weight excluding hydrogens is 544 g/mol. The summed E-state index contributed by atoms with van der Waals surface area (Å²) in [5.74, 6) is 2.79. The van der Waals surface area contributed by atoms with E-state index in [2.05, 4.69) is 36.4 Å². The van der Waals surface area contributed by atoms with E-state index in [1.165, 1.54) is 43.9 Å². The average Bonchev–Trinajstić information content (AvgIpc) is 3.61. The molecule has 2 aromatic heterocycles.